The average Bonchev–Trinajstić information content (AvgIpc) is 3.37. The maximum Gasteiger partial charge on any atom is 0.260 e. The summed E-state index contributed by atoms with van der Waals surface area (Å²) in [5.74, 6) is -0.0574. The Labute approximate surface area is 163 Å². The number of carbonyl (C=O) groups excluding carboxylic acids is 1. The molecular formula is C19H22N4O4S. The molecule has 148 valence electrons. The molecule has 1 spiro atoms. The number of carbonyl (C=O) groups is 1. The van der Waals surface area contributed by atoms with E-state index in [0.29, 0.717) is 25.1 Å². The molecule has 3 aliphatic heterocycles. The molecule has 4 heterocycles. The first-order valence-electron chi connectivity index (χ1n) is 9.38. The molecular weight excluding hydrogens is 380 g/mol. The van der Waals surface area contributed by atoms with Gasteiger partial charge in [0.2, 0.25) is 5.91 Å². The maximum absolute atomic E-state index is 13.4. The fourth-order valence-electron chi connectivity index (χ4n) is 5.03. The van der Waals surface area contributed by atoms with Gasteiger partial charge in [-0.3, -0.25) is 9.48 Å². The van der Waals surface area contributed by atoms with Crippen LogP contribution >= 0.6 is 0 Å². The van der Waals surface area contributed by atoms with E-state index in [1.807, 2.05) is 30.3 Å². The molecule has 8 nitrogen and oxygen atoms in total. The highest BCUT2D eigenvalue weighted by molar-refractivity contribution is 7.89. The van der Waals surface area contributed by atoms with Crippen molar-refractivity contribution in [3.05, 3.63) is 47.7 Å². The van der Waals surface area contributed by atoms with Crippen LogP contribution in [0.4, 0.5) is 0 Å². The summed E-state index contributed by atoms with van der Waals surface area (Å²) in [6, 6.07) is 9.08. The van der Waals surface area contributed by atoms with Crippen LogP contribution in [0.15, 0.2) is 41.6 Å². The van der Waals surface area contributed by atoms with Crippen LogP contribution in [-0.4, -0.2) is 58.2 Å². The smallest absolute Gasteiger partial charge is 0.260 e. The zero-order chi connectivity index (χ0) is 19.7. The number of amides is 1. The maximum atomic E-state index is 13.4. The van der Waals surface area contributed by atoms with Gasteiger partial charge in [-0.1, -0.05) is 30.3 Å². The molecule has 3 aliphatic rings. The summed E-state index contributed by atoms with van der Waals surface area (Å²) in [6.45, 7) is 2.43. The van der Waals surface area contributed by atoms with E-state index in [2.05, 4.69) is 5.10 Å². The zero-order valence-electron chi connectivity index (χ0n) is 15.8. The van der Waals surface area contributed by atoms with Crippen LogP contribution in [0, 0.1) is 6.92 Å². The number of aromatic nitrogens is 2. The van der Waals surface area contributed by atoms with Crippen LogP contribution < -0.4 is 0 Å². The van der Waals surface area contributed by atoms with Gasteiger partial charge >= 0.3 is 0 Å². The minimum absolute atomic E-state index is 0.0574. The van der Waals surface area contributed by atoms with Gasteiger partial charge in [-0.25, -0.2) is 8.42 Å². The van der Waals surface area contributed by atoms with Crippen molar-refractivity contribution in [3.63, 3.8) is 0 Å². The molecule has 0 bridgehead atoms. The summed E-state index contributed by atoms with van der Waals surface area (Å²) in [5, 5.41) is 4.25. The van der Waals surface area contributed by atoms with Gasteiger partial charge in [0, 0.05) is 32.0 Å². The highest BCUT2D eigenvalue weighted by Gasteiger charge is 2.67. The lowest BCUT2D eigenvalue weighted by Crippen LogP contribution is -2.49. The van der Waals surface area contributed by atoms with E-state index in [-0.39, 0.29) is 23.4 Å². The Kier molecular flexibility index (Phi) is 3.75. The molecule has 1 aromatic carbocycles. The lowest BCUT2D eigenvalue weighted by molar-refractivity contribution is -0.138. The lowest BCUT2D eigenvalue weighted by atomic mass is 10.0. The van der Waals surface area contributed by atoms with Gasteiger partial charge in [-0.2, -0.15) is 9.40 Å². The molecule has 0 aliphatic carbocycles. The molecule has 3 atom stereocenters. The van der Waals surface area contributed by atoms with Gasteiger partial charge in [0.1, 0.15) is 0 Å². The van der Waals surface area contributed by atoms with Crippen molar-refractivity contribution in [1.82, 2.24) is 19.0 Å². The Morgan fingerprint density at radius 3 is 2.68 bits per heavy atom. The normalized spacial score (nSPS) is 30.1. The molecule has 28 heavy (non-hydrogen) atoms. The minimum Gasteiger partial charge on any atom is -0.351 e. The summed E-state index contributed by atoms with van der Waals surface area (Å²) in [7, 11) is -2.17. The molecule has 2 aromatic rings. The van der Waals surface area contributed by atoms with Gasteiger partial charge in [0.25, 0.3) is 10.0 Å². The van der Waals surface area contributed by atoms with Crippen molar-refractivity contribution >= 4 is 15.9 Å². The second-order valence-electron chi connectivity index (χ2n) is 7.69. The van der Waals surface area contributed by atoms with Gasteiger partial charge < -0.3 is 9.64 Å². The SMILES string of the molecule is Cc1cnn(C)c1S(=O)(=O)N1CC[C@@]23OC[C@@H](c4ccccc4)N2C(=O)C[C@@H]13. The van der Waals surface area contributed by atoms with Gasteiger partial charge in [-0.05, 0) is 12.5 Å². The van der Waals surface area contributed by atoms with Crippen LogP contribution in [0.3, 0.4) is 0 Å². The molecule has 0 saturated carbocycles. The summed E-state index contributed by atoms with van der Waals surface area (Å²) in [6.07, 6.45) is 2.16. The molecule has 0 unspecified atom stereocenters. The Balaban J connectivity index is 1.53. The summed E-state index contributed by atoms with van der Waals surface area (Å²) in [4.78, 5) is 14.7. The first-order valence-corrected chi connectivity index (χ1v) is 10.8. The lowest BCUT2D eigenvalue weighted by Gasteiger charge is -2.33. The number of aryl methyl sites for hydroxylation is 2. The topological polar surface area (TPSA) is 84.7 Å². The highest BCUT2D eigenvalue weighted by Crippen LogP contribution is 2.52. The quantitative estimate of drug-likeness (QED) is 0.770. The molecule has 9 heteroatoms. The molecule has 1 aromatic heterocycles. The number of nitrogens with zero attached hydrogens (tertiary/aromatic N) is 4. The van der Waals surface area contributed by atoms with Crippen LogP contribution in [0.25, 0.3) is 0 Å². The second kappa shape index (κ2) is 5.88. The largest absolute Gasteiger partial charge is 0.351 e. The van der Waals surface area contributed by atoms with Crippen LogP contribution in [0.1, 0.15) is 30.0 Å². The van der Waals surface area contributed by atoms with Crippen LogP contribution in [-0.2, 0) is 26.6 Å². The molecule has 0 radical (unpaired) electrons. The number of sulfonamides is 1. The summed E-state index contributed by atoms with van der Waals surface area (Å²) < 4.78 is 35.8. The van der Waals surface area contributed by atoms with Gasteiger partial charge in [-0.15, -0.1) is 0 Å². The number of rotatable bonds is 3. The van der Waals surface area contributed by atoms with Crippen molar-refractivity contribution in [1.29, 1.82) is 0 Å². The first-order chi connectivity index (χ1) is 13.4. The number of benzene rings is 1. The molecule has 3 saturated heterocycles. The third-order valence-electron chi connectivity index (χ3n) is 6.20. The standard InChI is InChI=1S/C19H22N4O4S/c1-13-11-20-21(2)18(13)28(25,26)22-9-8-19-16(22)10-17(24)23(19)15(12-27-19)14-6-4-3-5-7-14/h3-7,11,15-16H,8-10,12H2,1-2H3/t15-,16+,19-/m0/s1. The fraction of sp³-hybridized carbons (Fsp3) is 0.474. The van der Waals surface area contributed by atoms with E-state index < -0.39 is 21.8 Å². The number of ether oxygens (including phenoxy) is 1. The summed E-state index contributed by atoms with van der Waals surface area (Å²) in [5.41, 5.74) is 0.730. The predicted octanol–water partition coefficient (Wildman–Crippen LogP) is 1.19. The predicted molar refractivity (Wildman–Crippen MR) is 99.6 cm³/mol. The molecule has 3 fully saturated rings. The second-order valence-corrected chi connectivity index (χ2v) is 9.49. The minimum atomic E-state index is -3.79. The zero-order valence-corrected chi connectivity index (χ0v) is 16.6. The first kappa shape index (κ1) is 17.8. The monoisotopic (exact) mass is 402 g/mol. The summed E-state index contributed by atoms with van der Waals surface area (Å²) >= 11 is 0. The van der Waals surface area contributed by atoms with E-state index in [4.69, 9.17) is 4.74 Å². The van der Waals surface area contributed by atoms with Crippen molar-refractivity contribution in [2.75, 3.05) is 13.2 Å². The fourth-order valence-corrected chi connectivity index (χ4v) is 7.00. The Morgan fingerprint density at radius 2 is 2.00 bits per heavy atom. The van der Waals surface area contributed by atoms with Gasteiger partial charge in [0.05, 0.1) is 24.9 Å². The van der Waals surface area contributed by atoms with E-state index in [1.165, 1.54) is 8.99 Å². The Bertz CT molecular complexity index is 1030. The molecule has 0 N–H and O–H groups in total. The van der Waals surface area contributed by atoms with E-state index in [1.54, 1.807) is 25.1 Å². The third-order valence-corrected chi connectivity index (χ3v) is 8.33. The van der Waals surface area contributed by atoms with E-state index >= 15 is 0 Å². The van der Waals surface area contributed by atoms with Crippen molar-refractivity contribution in [2.24, 2.45) is 7.05 Å². The number of hydrogen-bond donors (Lipinski definition) is 0. The van der Waals surface area contributed by atoms with E-state index in [0.717, 1.165) is 5.56 Å². The Hall–Kier alpha value is -2.23. The van der Waals surface area contributed by atoms with Gasteiger partial charge in [0.15, 0.2) is 10.8 Å². The van der Waals surface area contributed by atoms with Crippen LogP contribution in [0.2, 0.25) is 0 Å². The van der Waals surface area contributed by atoms with E-state index in [9.17, 15) is 13.2 Å². The average molecular weight is 402 g/mol. The number of hydrogen-bond acceptors (Lipinski definition) is 5. The third kappa shape index (κ3) is 2.20. The van der Waals surface area contributed by atoms with Crippen molar-refractivity contribution in [2.45, 2.75) is 42.6 Å². The molecule has 1 amide bonds. The highest BCUT2D eigenvalue weighted by atomic mass is 32.2. The van der Waals surface area contributed by atoms with Crippen molar-refractivity contribution < 1.29 is 17.9 Å². The molecule has 5 rings (SSSR count). The van der Waals surface area contributed by atoms with Crippen molar-refractivity contribution in [3.8, 4) is 0 Å². The van der Waals surface area contributed by atoms with Crippen LogP contribution in [0.5, 0.6) is 0 Å². The Morgan fingerprint density at radius 1 is 1.25 bits per heavy atom.